The number of carbonyl (C=O) groups is 1. The van der Waals surface area contributed by atoms with Gasteiger partial charge in [-0.15, -0.1) is 0 Å². The zero-order valence-corrected chi connectivity index (χ0v) is 10.8. The maximum Gasteiger partial charge on any atom is 0.223 e. The van der Waals surface area contributed by atoms with Gasteiger partial charge in [-0.05, 0) is 38.0 Å². The number of hydrogen-bond donors (Lipinski definition) is 2. The Hall–Kier alpha value is -0.570. The SMILES string of the molecule is C[C@H](O)CNC(=O)C1CCC2CCCCC2C1. The Morgan fingerprint density at radius 2 is 1.94 bits per heavy atom. The molecule has 2 fully saturated rings. The third-order valence-electron chi connectivity index (χ3n) is 4.48. The van der Waals surface area contributed by atoms with Crippen LogP contribution < -0.4 is 5.32 Å². The molecular formula is C14H25NO2. The second-order valence-electron chi connectivity index (χ2n) is 5.91. The minimum atomic E-state index is -0.440. The van der Waals surface area contributed by atoms with Gasteiger partial charge in [0, 0.05) is 12.5 Å². The molecule has 17 heavy (non-hydrogen) atoms. The van der Waals surface area contributed by atoms with Gasteiger partial charge in [0.15, 0.2) is 0 Å². The predicted molar refractivity (Wildman–Crippen MR) is 67.5 cm³/mol. The molecule has 0 aromatic rings. The number of fused-ring (bicyclic) bond motifs is 1. The number of aliphatic hydroxyl groups excluding tert-OH is 1. The molecule has 2 rings (SSSR count). The summed E-state index contributed by atoms with van der Waals surface area (Å²) in [5.74, 6) is 2.05. The topological polar surface area (TPSA) is 49.3 Å². The summed E-state index contributed by atoms with van der Waals surface area (Å²) < 4.78 is 0. The number of aliphatic hydroxyl groups is 1. The minimum absolute atomic E-state index is 0.162. The second kappa shape index (κ2) is 5.85. The smallest absolute Gasteiger partial charge is 0.223 e. The van der Waals surface area contributed by atoms with E-state index >= 15 is 0 Å². The molecule has 2 aliphatic carbocycles. The average molecular weight is 239 g/mol. The Morgan fingerprint density at radius 1 is 1.24 bits per heavy atom. The molecule has 0 aromatic heterocycles. The normalized spacial score (nSPS) is 34.8. The van der Waals surface area contributed by atoms with Gasteiger partial charge in [-0.3, -0.25) is 4.79 Å². The number of rotatable bonds is 3. The fourth-order valence-electron chi connectivity index (χ4n) is 3.50. The summed E-state index contributed by atoms with van der Waals surface area (Å²) in [5, 5.41) is 12.0. The first-order chi connectivity index (χ1) is 8.16. The Morgan fingerprint density at radius 3 is 2.65 bits per heavy atom. The summed E-state index contributed by atoms with van der Waals surface area (Å²) in [7, 11) is 0. The van der Waals surface area contributed by atoms with E-state index in [2.05, 4.69) is 5.32 Å². The van der Waals surface area contributed by atoms with Crippen molar-refractivity contribution in [3.63, 3.8) is 0 Å². The quantitative estimate of drug-likeness (QED) is 0.792. The average Bonchev–Trinajstić information content (AvgIpc) is 2.35. The van der Waals surface area contributed by atoms with Crippen molar-refractivity contribution in [2.24, 2.45) is 17.8 Å². The summed E-state index contributed by atoms with van der Waals surface area (Å²) in [6.45, 7) is 2.10. The van der Waals surface area contributed by atoms with Crippen molar-refractivity contribution in [2.45, 2.75) is 58.0 Å². The van der Waals surface area contributed by atoms with Gasteiger partial charge in [0.25, 0.3) is 0 Å². The molecule has 2 N–H and O–H groups in total. The van der Waals surface area contributed by atoms with Crippen molar-refractivity contribution in [2.75, 3.05) is 6.54 Å². The summed E-state index contributed by atoms with van der Waals surface area (Å²) in [6.07, 6.45) is 8.37. The van der Waals surface area contributed by atoms with Gasteiger partial charge >= 0.3 is 0 Å². The molecule has 0 saturated heterocycles. The molecule has 0 aliphatic heterocycles. The summed E-state index contributed by atoms with van der Waals surface area (Å²) >= 11 is 0. The minimum Gasteiger partial charge on any atom is -0.392 e. The fourth-order valence-corrected chi connectivity index (χ4v) is 3.50. The lowest BCUT2D eigenvalue weighted by molar-refractivity contribution is -0.127. The molecule has 3 heteroatoms. The molecule has 98 valence electrons. The lowest BCUT2D eigenvalue weighted by atomic mass is 9.67. The maximum atomic E-state index is 12.0. The molecule has 0 aromatic carbocycles. The highest BCUT2D eigenvalue weighted by molar-refractivity contribution is 5.78. The van der Waals surface area contributed by atoms with E-state index in [-0.39, 0.29) is 11.8 Å². The molecule has 1 amide bonds. The standard InChI is InChI=1S/C14H25NO2/c1-10(16)9-15-14(17)13-7-6-11-4-2-3-5-12(11)8-13/h10-13,16H,2-9H2,1H3,(H,15,17)/t10-,11?,12?,13?/m0/s1. The van der Waals surface area contributed by atoms with Crippen molar-refractivity contribution in [3.8, 4) is 0 Å². The van der Waals surface area contributed by atoms with Crippen LogP contribution in [-0.2, 0) is 4.79 Å². The Labute approximate surface area is 104 Å². The van der Waals surface area contributed by atoms with E-state index in [0.29, 0.717) is 6.54 Å². The molecule has 2 saturated carbocycles. The number of nitrogens with one attached hydrogen (secondary N) is 1. The highest BCUT2D eigenvalue weighted by Crippen LogP contribution is 2.42. The van der Waals surface area contributed by atoms with E-state index in [0.717, 1.165) is 24.7 Å². The van der Waals surface area contributed by atoms with Crippen molar-refractivity contribution < 1.29 is 9.90 Å². The van der Waals surface area contributed by atoms with Gasteiger partial charge in [0.1, 0.15) is 0 Å². The van der Waals surface area contributed by atoms with E-state index in [1.54, 1.807) is 6.92 Å². The highest BCUT2D eigenvalue weighted by Gasteiger charge is 2.34. The van der Waals surface area contributed by atoms with Crippen LogP contribution in [0, 0.1) is 17.8 Å². The van der Waals surface area contributed by atoms with E-state index in [1.165, 1.54) is 32.1 Å². The third-order valence-corrected chi connectivity index (χ3v) is 4.48. The summed E-state index contributed by atoms with van der Waals surface area (Å²) in [6, 6.07) is 0. The molecule has 0 spiro atoms. The van der Waals surface area contributed by atoms with Crippen molar-refractivity contribution >= 4 is 5.91 Å². The molecule has 0 radical (unpaired) electrons. The van der Waals surface area contributed by atoms with Crippen LogP contribution in [0.4, 0.5) is 0 Å². The fraction of sp³-hybridized carbons (Fsp3) is 0.929. The monoisotopic (exact) mass is 239 g/mol. The summed E-state index contributed by atoms with van der Waals surface area (Å²) in [5.41, 5.74) is 0. The first-order valence-electron chi connectivity index (χ1n) is 7.12. The van der Waals surface area contributed by atoms with Crippen LogP contribution in [-0.4, -0.2) is 23.7 Å². The largest absolute Gasteiger partial charge is 0.392 e. The van der Waals surface area contributed by atoms with Gasteiger partial charge in [0.2, 0.25) is 5.91 Å². The van der Waals surface area contributed by atoms with Crippen molar-refractivity contribution in [1.29, 1.82) is 0 Å². The molecule has 3 unspecified atom stereocenters. The van der Waals surface area contributed by atoms with Crippen LogP contribution in [0.1, 0.15) is 51.9 Å². The van der Waals surface area contributed by atoms with Crippen LogP contribution in [0.25, 0.3) is 0 Å². The van der Waals surface area contributed by atoms with Gasteiger partial charge in [-0.2, -0.15) is 0 Å². The Kier molecular flexibility index (Phi) is 4.43. The van der Waals surface area contributed by atoms with Gasteiger partial charge in [-0.1, -0.05) is 25.7 Å². The molecule has 3 nitrogen and oxygen atoms in total. The van der Waals surface area contributed by atoms with E-state index in [1.807, 2.05) is 0 Å². The number of amides is 1. The molecule has 0 heterocycles. The molecular weight excluding hydrogens is 214 g/mol. The van der Waals surface area contributed by atoms with Gasteiger partial charge in [0.05, 0.1) is 6.10 Å². The Balaban J connectivity index is 1.80. The molecule has 4 atom stereocenters. The maximum absolute atomic E-state index is 12.0. The van der Waals surface area contributed by atoms with Crippen LogP contribution in [0.5, 0.6) is 0 Å². The second-order valence-corrected chi connectivity index (χ2v) is 5.91. The molecule has 0 bridgehead atoms. The van der Waals surface area contributed by atoms with E-state index in [9.17, 15) is 9.90 Å². The third kappa shape index (κ3) is 3.44. The lowest BCUT2D eigenvalue weighted by Gasteiger charge is -2.38. The summed E-state index contributed by atoms with van der Waals surface area (Å²) in [4.78, 5) is 12.0. The van der Waals surface area contributed by atoms with Gasteiger partial charge in [-0.25, -0.2) is 0 Å². The first-order valence-corrected chi connectivity index (χ1v) is 7.12. The van der Waals surface area contributed by atoms with Crippen LogP contribution in [0.15, 0.2) is 0 Å². The highest BCUT2D eigenvalue weighted by atomic mass is 16.3. The van der Waals surface area contributed by atoms with Crippen molar-refractivity contribution in [1.82, 2.24) is 5.32 Å². The van der Waals surface area contributed by atoms with Gasteiger partial charge < -0.3 is 10.4 Å². The lowest BCUT2D eigenvalue weighted by Crippen LogP contribution is -2.39. The molecule has 2 aliphatic rings. The van der Waals surface area contributed by atoms with Crippen molar-refractivity contribution in [3.05, 3.63) is 0 Å². The zero-order chi connectivity index (χ0) is 12.3. The number of hydrogen-bond acceptors (Lipinski definition) is 2. The first kappa shape index (κ1) is 12.9. The van der Waals surface area contributed by atoms with E-state index in [4.69, 9.17) is 0 Å². The zero-order valence-electron chi connectivity index (χ0n) is 10.8. The Bertz CT molecular complexity index is 265. The van der Waals surface area contributed by atoms with Crippen LogP contribution >= 0.6 is 0 Å². The number of carbonyl (C=O) groups excluding carboxylic acids is 1. The van der Waals surface area contributed by atoms with E-state index < -0.39 is 6.10 Å². The predicted octanol–water partition coefficient (Wildman–Crippen LogP) is 2.09. The van der Waals surface area contributed by atoms with Crippen LogP contribution in [0.3, 0.4) is 0 Å². The van der Waals surface area contributed by atoms with Crippen LogP contribution in [0.2, 0.25) is 0 Å².